The smallest absolute Gasteiger partial charge is 0.188 e. The van der Waals surface area contributed by atoms with Gasteiger partial charge in [-0.1, -0.05) is 25.7 Å². The van der Waals surface area contributed by atoms with Crippen molar-refractivity contribution >= 4 is 29.9 Å². The molecule has 6 nitrogen and oxygen atoms in total. The molecule has 134 valence electrons. The molecule has 2 aliphatic heterocycles. The van der Waals surface area contributed by atoms with Gasteiger partial charge in [-0.2, -0.15) is 0 Å². The van der Waals surface area contributed by atoms with Crippen molar-refractivity contribution in [3.8, 4) is 0 Å². The van der Waals surface area contributed by atoms with Gasteiger partial charge >= 0.3 is 0 Å². The third-order valence-corrected chi connectivity index (χ3v) is 4.84. The molecule has 2 heterocycles. The highest BCUT2D eigenvalue weighted by Crippen LogP contribution is 2.33. The average Bonchev–Trinajstić information content (AvgIpc) is 2.73. The molecule has 0 aromatic rings. The van der Waals surface area contributed by atoms with E-state index in [0.717, 1.165) is 12.8 Å². The first-order valence-corrected chi connectivity index (χ1v) is 8.72. The molecule has 3 N–H and O–H groups in total. The van der Waals surface area contributed by atoms with E-state index in [4.69, 9.17) is 19.9 Å². The number of halogens is 1. The van der Waals surface area contributed by atoms with Crippen molar-refractivity contribution < 1.29 is 14.2 Å². The third kappa shape index (κ3) is 5.72. The first-order valence-electron chi connectivity index (χ1n) is 8.72. The summed E-state index contributed by atoms with van der Waals surface area (Å²) in [5.74, 6) is 0.116. The number of ether oxygens (including phenoxy) is 3. The van der Waals surface area contributed by atoms with Gasteiger partial charge in [0.05, 0.1) is 26.4 Å². The van der Waals surface area contributed by atoms with E-state index in [1.807, 2.05) is 0 Å². The standard InChI is InChI=1S/C16H29N3O3.HI/c17-15(19-13-5-3-1-2-4-6-13)18-11-14-12-21-16(22-14)7-9-20-10-8-16;/h13-14H,1-12H2,(H3,17,18,19);1H. The Morgan fingerprint density at radius 2 is 1.83 bits per heavy atom. The summed E-state index contributed by atoms with van der Waals surface area (Å²) in [6.45, 7) is 2.58. The number of aliphatic imine (C=N–C) groups is 1. The number of hydrogen-bond donors (Lipinski definition) is 2. The van der Waals surface area contributed by atoms with E-state index in [9.17, 15) is 0 Å². The fourth-order valence-electron chi connectivity index (χ4n) is 3.53. The highest BCUT2D eigenvalue weighted by atomic mass is 127. The van der Waals surface area contributed by atoms with Gasteiger partial charge in [0.25, 0.3) is 0 Å². The van der Waals surface area contributed by atoms with Gasteiger partial charge in [0.15, 0.2) is 11.7 Å². The molecule has 7 heteroatoms. The van der Waals surface area contributed by atoms with Gasteiger partial charge in [0.2, 0.25) is 0 Å². The summed E-state index contributed by atoms with van der Waals surface area (Å²) in [7, 11) is 0. The minimum absolute atomic E-state index is 0. The minimum Gasteiger partial charge on any atom is -0.381 e. The molecule has 23 heavy (non-hydrogen) atoms. The second kappa shape index (κ2) is 9.39. The van der Waals surface area contributed by atoms with Crippen LogP contribution in [0.5, 0.6) is 0 Å². The maximum atomic E-state index is 6.06. The first-order chi connectivity index (χ1) is 10.8. The highest BCUT2D eigenvalue weighted by Gasteiger charge is 2.42. The molecule has 1 atom stereocenters. The molecule has 3 fully saturated rings. The number of nitrogens with two attached hydrogens (primary N) is 1. The van der Waals surface area contributed by atoms with Gasteiger partial charge in [-0.3, -0.25) is 4.99 Å². The van der Waals surface area contributed by atoms with Crippen LogP contribution in [0.25, 0.3) is 0 Å². The van der Waals surface area contributed by atoms with Crippen molar-refractivity contribution in [2.24, 2.45) is 10.7 Å². The Morgan fingerprint density at radius 3 is 2.52 bits per heavy atom. The zero-order valence-electron chi connectivity index (χ0n) is 13.8. The van der Waals surface area contributed by atoms with E-state index < -0.39 is 5.79 Å². The lowest BCUT2D eigenvalue weighted by Gasteiger charge is -2.31. The highest BCUT2D eigenvalue weighted by molar-refractivity contribution is 14.0. The molecular formula is C16H30IN3O3. The number of nitrogens with one attached hydrogen (secondary N) is 1. The van der Waals surface area contributed by atoms with Crippen LogP contribution in [0.2, 0.25) is 0 Å². The lowest BCUT2D eigenvalue weighted by molar-refractivity contribution is -0.210. The van der Waals surface area contributed by atoms with Gasteiger partial charge in [0.1, 0.15) is 6.10 Å². The SMILES string of the molecule is I.NC(=NCC1COC2(CCOCC2)O1)NC1CCCCCC1. The average molecular weight is 439 g/mol. The molecule has 0 aromatic carbocycles. The number of guanidine groups is 1. The number of hydrogen-bond acceptors (Lipinski definition) is 4. The molecule has 1 saturated carbocycles. The Kier molecular flexibility index (Phi) is 7.84. The zero-order chi connectivity index (χ0) is 15.3. The molecule has 3 aliphatic rings. The molecule has 0 aromatic heterocycles. The molecule has 1 aliphatic carbocycles. The summed E-state index contributed by atoms with van der Waals surface area (Å²) in [6, 6.07) is 0.480. The Balaban J connectivity index is 0.00000192. The van der Waals surface area contributed by atoms with Crippen LogP contribution < -0.4 is 11.1 Å². The molecular weight excluding hydrogens is 409 g/mol. The van der Waals surface area contributed by atoms with Gasteiger partial charge < -0.3 is 25.3 Å². The molecule has 1 unspecified atom stereocenters. The van der Waals surface area contributed by atoms with Gasteiger partial charge in [-0.05, 0) is 12.8 Å². The maximum Gasteiger partial charge on any atom is 0.188 e. The third-order valence-electron chi connectivity index (χ3n) is 4.84. The summed E-state index contributed by atoms with van der Waals surface area (Å²) in [5.41, 5.74) is 6.03. The van der Waals surface area contributed by atoms with Crippen molar-refractivity contribution in [2.45, 2.75) is 69.3 Å². The Bertz CT molecular complexity index is 381. The molecule has 3 rings (SSSR count). The largest absolute Gasteiger partial charge is 0.381 e. The van der Waals surface area contributed by atoms with Crippen molar-refractivity contribution in [1.82, 2.24) is 5.32 Å². The molecule has 0 bridgehead atoms. The van der Waals surface area contributed by atoms with Crippen LogP contribution >= 0.6 is 24.0 Å². The Hall–Kier alpha value is -0.120. The quantitative estimate of drug-likeness (QED) is 0.305. The summed E-state index contributed by atoms with van der Waals surface area (Å²) in [4.78, 5) is 4.46. The predicted octanol–water partition coefficient (Wildman–Crippen LogP) is 2.15. The van der Waals surface area contributed by atoms with Crippen molar-refractivity contribution in [2.75, 3.05) is 26.4 Å². The van der Waals surface area contributed by atoms with Crippen LogP contribution in [0.15, 0.2) is 4.99 Å². The van der Waals surface area contributed by atoms with E-state index in [-0.39, 0.29) is 30.1 Å². The normalized spacial score (nSPS) is 29.0. The topological polar surface area (TPSA) is 78.1 Å². The molecule has 0 amide bonds. The van der Waals surface area contributed by atoms with E-state index in [0.29, 0.717) is 38.4 Å². The van der Waals surface area contributed by atoms with Crippen LogP contribution in [-0.2, 0) is 14.2 Å². The van der Waals surface area contributed by atoms with Crippen molar-refractivity contribution in [3.63, 3.8) is 0 Å². The lowest BCUT2D eigenvalue weighted by atomic mass is 10.1. The van der Waals surface area contributed by atoms with Crippen LogP contribution in [0.1, 0.15) is 51.4 Å². The zero-order valence-corrected chi connectivity index (χ0v) is 16.1. The second-order valence-corrected chi connectivity index (χ2v) is 6.63. The summed E-state index contributed by atoms with van der Waals surface area (Å²) >= 11 is 0. The van der Waals surface area contributed by atoms with E-state index in [1.54, 1.807) is 0 Å². The van der Waals surface area contributed by atoms with Gasteiger partial charge in [0, 0.05) is 18.9 Å². The van der Waals surface area contributed by atoms with Crippen molar-refractivity contribution in [1.29, 1.82) is 0 Å². The van der Waals surface area contributed by atoms with E-state index in [2.05, 4.69) is 10.3 Å². The fourth-order valence-corrected chi connectivity index (χ4v) is 3.53. The number of nitrogens with zero attached hydrogens (tertiary/aromatic N) is 1. The molecule has 1 spiro atoms. The van der Waals surface area contributed by atoms with Crippen molar-refractivity contribution in [3.05, 3.63) is 0 Å². The number of rotatable bonds is 3. The summed E-state index contributed by atoms with van der Waals surface area (Å²) in [6.07, 6.45) is 9.27. The maximum absolute atomic E-state index is 6.06. The minimum atomic E-state index is -0.429. The summed E-state index contributed by atoms with van der Waals surface area (Å²) < 4.78 is 17.3. The molecule has 0 radical (unpaired) electrons. The predicted molar refractivity (Wildman–Crippen MR) is 100 cm³/mol. The van der Waals surface area contributed by atoms with E-state index in [1.165, 1.54) is 38.5 Å². The Morgan fingerprint density at radius 1 is 1.13 bits per heavy atom. The van der Waals surface area contributed by atoms with Gasteiger partial charge in [-0.15, -0.1) is 24.0 Å². The first kappa shape index (κ1) is 19.2. The monoisotopic (exact) mass is 439 g/mol. The summed E-state index contributed by atoms with van der Waals surface area (Å²) in [5, 5.41) is 3.37. The second-order valence-electron chi connectivity index (χ2n) is 6.63. The molecule has 2 saturated heterocycles. The fraction of sp³-hybridized carbons (Fsp3) is 0.938. The Labute approximate surface area is 155 Å². The van der Waals surface area contributed by atoms with Gasteiger partial charge in [-0.25, -0.2) is 0 Å². The van der Waals surface area contributed by atoms with E-state index >= 15 is 0 Å². The van der Waals surface area contributed by atoms with Crippen LogP contribution in [0.3, 0.4) is 0 Å². The lowest BCUT2D eigenvalue weighted by Crippen LogP contribution is -2.40. The van der Waals surface area contributed by atoms with Crippen LogP contribution in [0, 0.1) is 0 Å². The van der Waals surface area contributed by atoms with Crippen LogP contribution in [0.4, 0.5) is 0 Å². The van der Waals surface area contributed by atoms with Crippen LogP contribution in [-0.4, -0.2) is 50.3 Å².